The van der Waals surface area contributed by atoms with Crippen LogP contribution in [0.25, 0.3) is 0 Å². The summed E-state index contributed by atoms with van der Waals surface area (Å²) < 4.78 is 0. The lowest BCUT2D eigenvalue weighted by Crippen LogP contribution is -2.17. The maximum atomic E-state index is 5.92. The van der Waals surface area contributed by atoms with Gasteiger partial charge in [0.25, 0.3) is 0 Å². The Kier molecular flexibility index (Phi) is 4.42. The van der Waals surface area contributed by atoms with Crippen molar-refractivity contribution < 1.29 is 0 Å². The fourth-order valence-corrected chi connectivity index (χ4v) is 2.16. The first-order chi connectivity index (χ1) is 8.24. The summed E-state index contributed by atoms with van der Waals surface area (Å²) in [4.78, 5) is 7.17. The number of rotatable bonds is 5. The molecule has 0 aliphatic rings. The molecule has 0 aliphatic carbocycles. The molecule has 0 fully saturated rings. The molecule has 0 spiro atoms. The van der Waals surface area contributed by atoms with E-state index in [1.54, 1.807) is 12.3 Å². The zero-order chi connectivity index (χ0) is 12.1. The molecule has 2 N–H and O–H groups in total. The van der Waals surface area contributed by atoms with Crippen molar-refractivity contribution in [1.82, 2.24) is 15.3 Å². The van der Waals surface area contributed by atoms with Crippen molar-refractivity contribution in [3.63, 3.8) is 0 Å². The standard InChI is InChI=1S/C12H13Cl2N3/c13-10-5-9(6-11(14)7-10)1-2-15-8-12-16-3-4-17-12/h3-7,15H,1-2,8H2,(H,16,17). The summed E-state index contributed by atoms with van der Waals surface area (Å²) in [5, 5.41) is 4.65. The summed E-state index contributed by atoms with van der Waals surface area (Å²) in [5.41, 5.74) is 1.13. The van der Waals surface area contributed by atoms with E-state index in [2.05, 4.69) is 15.3 Å². The van der Waals surface area contributed by atoms with Crippen LogP contribution >= 0.6 is 23.2 Å². The lowest BCUT2D eigenvalue weighted by molar-refractivity contribution is 0.665. The molecule has 2 rings (SSSR count). The van der Waals surface area contributed by atoms with Gasteiger partial charge in [-0.05, 0) is 36.7 Å². The molecule has 1 aromatic heterocycles. The van der Waals surface area contributed by atoms with Gasteiger partial charge in [0.1, 0.15) is 5.82 Å². The number of hydrogen-bond acceptors (Lipinski definition) is 2. The Hall–Kier alpha value is -1.03. The molecule has 0 saturated carbocycles. The van der Waals surface area contributed by atoms with E-state index < -0.39 is 0 Å². The van der Waals surface area contributed by atoms with Crippen LogP contribution in [0, 0.1) is 0 Å². The second-order valence-corrected chi connectivity index (χ2v) is 4.61. The minimum Gasteiger partial charge on any atom is -0.348 e. The van der Waals surface area contributed by atoms with Crippen molar-refractivity contribution in [3.8, 4) is 0 Å². The van der Waals surface area contributed by atoms with E-state index in [1.165, 1.54) is 0 Å². The van der Waals surface area contributed by atoms with E-state index in [0.717, 1.165) is 30.9 Å². The maximum absolute atomic E-state index is 5.92. The molecule has 0 atom stereocenters. The highest BCUT2D eigenvalue weighted by atomic mass is 35.5. The minimum atomic E-state index is 0.679. The van der Waals surface area contributed by atoms with Crippen LogP contribution in [0.1, 0.15) is 11.4 Å². The van der Waals surface area contributed by atoms with E-state index in [9.17, 15) is 0 Å². The normalized spacial score (nSPS) is 10.7. The van der Waals surface area contributed by atoms with E-state index >= 15 is 0 Å². The Morgan fingerprint density at radius 2 is 1.94 bits per heavy atom. The van der Waals surface area contributed by atoms with E-state index in [0.29, 0.717) is 10.0 Å². The van der Waals surface area contributed by atoms with Crippen molar-refractivity contribution in [1.29, 1.82) is 0 Å². The number of imidazole rings is 1. The van der Waals surface area contributed by atoms with Crippen LogP contribution in [0.15, 0.2) is 30.6 Å². The van der Waals surface area contributed by atoms with Crippen LogP contribution in [0.3, 0.4) is 0 Å². The lowest BCUT2D eigenvalue weighted by Gasteiger charge is -2.04. The molecule has 0 unspecified atom stereocenters. The highest BCUT2D eigenvalue weighted by Crippen LogP contribution is 2.19. The van der Waals surface area contributed by atoms with Gasteiger partial charge in [0.05, 0.1) is 6.54 Å². The van der Waals surface area contributed by atoms with Crippen molar-refractivity contribution in [2.75, 3.05) is 6.54 Å². The number of aromatic amines is 1. The molecule has 0 radical (unpaired) electrons. The van der Waals surface area contributed by atoms with Crippen LogP contribution in [-0.2, 0) is 13.0 Å². The number of halogens is 2. The molecule has 0 bridgehead atoms. The molecule has 1 heterocycles. The zero-order valence-electron chi connectivity index (χ0n) is 9.21. The molecule has 0 amide bonds. The Morgan fingerprint density at radius 1 is 1.18 bits per heavy atom. The summed E-state index contributed by atoms with van der Waals surface area (Å²) in [6, 6.07) is 5.60. The molecule has 5 heteroatoms. The van der Waals surface area contributed by atoms with Crippen LogP contribution in [0.5, 0.6) is 0 Å². The van der Waals surface area contributed by atoms with Gasteiger partial charge in [0.15, 0.2) is 0 Å². The van der Waals surface area contributed by atoms with E-state index in [1.807, 2.05) is 18.3 Å². The van der Waals surface area contributed by atoms with Gasteiger partial charge < -0.3 is 10.3 Å². The first-order valence-corrected chi connectivity index (χ1v) is 6.13. The molecule has 1 aromatic carbocycles. The summed E-state index contributed by atoms with van der Waals surface area (Å²) in [6.45, 7) is 1.60. The van der Waals surface area contributed by atoms with Crippen LogP contribution in [-0.4, -0.2) is 16.5 Å². The van der Waals surface area contributed by atoms with Gasteiger partial charge in [-0.25, -0.2) is 4.98 Å². The van der Waals surface area contributed by atoms with Gasteiger partial charge >= 0.3 is 0 Å². The monoisotopic (exact) mass is 269 g/mol. The Balaban J connectivity index is 1.78. The molecular weight excluding hydrogens is 257 g/mol. The van der Waals surface area contributed by atoms with Crippen molar-refractivity contribution in [2.45, 2.75) is 13.0 Å². The quantitative estimate of drug-likeness (QED) is 0.820. The molecule has 3 nitrogen and oxygen atoms in total. The molecule has 0 saturated heterocycles. The number of benzene rings is 1. The molecule has 2 aromatic rings. The first kappa shape index (κ1) is 12.4. The molecule has 0 aliphatic heterocycles. The van der Waals surface area contributed by atoms with Crippen molar-refractivity contribution in [3.05, 3.63) is 52.0 Å². The number of aromatic nitrogens is 2. The van der Waals surface area contributed by atoms with Gasteiger partial charge in [0, 0.05) is 22.4 Å². The fraction of sp³-hybridized carbons (Fsp3) is 0.250. The van der Waals surface area contributed by atoms with Crippen molar-refractivity contribution >= 4 is 23.2 Å². The predicted molar refractivity (Wildman–Crippen MR) is 70.5 cm³/mol. The minimum absolute atomic E-state index is 0.679. The van der Waals surface area contributed by atoms with Gasteiger partial charge in [-0.2, -0.15) is 0 Å². The van der Waals surface area contributed by atoms with Gasteiger partial charge in [-0.15, -0.1) is 0 Å². The van der Waals surface area contributed by atoms with Crippen molar-refractivity contribution in [2.24, 2.45) is 0 Å². The highest BCUT2D eigenvalue weighted by molar-refractivity contribution is 6.34. The Labute approximate surface area is 110 Å². The smallest absolute Gasteiger partial charge is 0.120 e. The number of H-pyrrole nitrogens is 1. The first-order valence-electron chi connectivity index (χ1n) is 5.38. The lowest BCUT2D eigenvalue weighted by atomic mass is 10.1. The number of hydrogen-bond donors (Lipinski definition) is 2. The average Bonchev–Trinajstić information content (AvgIpc) is 2.76. The Morgan fingerprint density at radius 3 is 2.59 bits per heavy atom. The van der Waals surface area contributed by atoms with E-state index in [4.69, 9.17) is 23.2 Å². The average molecular weight is 270 g/mol. The fourth-order valence-electron chi connectivity index (χ4n) is 1.59. The summed E-state index contributed by atoms with van der Waals surface area (Å²) in [7, 11) is 0. The van der Waals surface area contributed by atoms with Crippen LogP contribution in [0.2, 0.25) is 10.0 Å². The third-order valence-electron chi connectivity index (χ3n) is 2.36. The summed E-state index contributed by atoms with van der Waals surface area (Å²) in [6.07, 6.45) is 4.45. The number of nitrogens with zero attached hydrogens (tertiary/aromatic N) is 1. The summed E-state index contributed by atoms with van der Waals surface area (Å²) in [5.74, 6) is 0.939. The zero-order valence-corrected chi connectivity index (χ0v) is 10.7. The van der Waals surface area contributed by atoms with Crippen LogP contribution in [0.4, 0.5) is 0 Å². The maximum Gasteiger partial charge on any atom is 0.120 e. The molecule has 17 heavy (non-hydrogen) atoms. The van der Waals surface area contributed by atoms with Crippen LogP contribution < -0.4 is 5.32 Å². The summed E-state index contributed by atoms with van der Waals surface area (Å²) >= 11 is 11.8. The number of nitrogens with one attached hydrogen (secondary N) is 2. The second kappa shape index (κ2) is 6.05. The predicted octanol–water partition coefficient (Wildman–Crippen LogP) is 3.05. The third kappa shape index (κ3) is 4.04. The Bertz CT molecular complexity index is 448. The molecular formula is C12H13Cl2N3. The van der Waals surface area contributed by atoms with Gasteiger partial charge in [-0.3, -0.25) is 0 Å². The molecule has 90 valence electrons. The van der Waals surface area contributed by atoms with E-state index in [-0.39, 0.29) is 0 Å². The topological polar surface area (TPSA) is 40.7 Å². The second-order valence-electron chi connectivity index (χ2n) is 3.74. The largest absolute Gasteiger partial charge is 0.348 e. The third-order valence-corrected chi connectivity index (χ3v) is 2.80. The SMILES string of the molecule is Clc1cc(Cl)cc(CCNCc2ncc[nH]2)c1. The van der Waals surface area contributed by atoms with Gasteiger partial charge in [-0.1, -0.05) is 23.2 Å². The van der Waals surface area contributed by atoms with Gasteiger partial charge in [0.2, 0.25) is 0 Å². The highest BCUT2D eigenvalue weighted by Gasteiger charge is 1.99.